The van der Waals surface area contributed by atoms with Gasteiger partial charge in [0.2, 0.25) is 0 Å². The highest BCUT2D eigenvalue weighted by Gasteiger charge is 2.44. The van der Waals surface area contributed by atoms with Crippen LogP contribution >= 0.6 is 0 Å². The number of carbonyl (C=O) groups is 1. The molecule has 1 fully saturated rings. The lowest BCUT2D eigenvalue weighted by Gasteiger charge is -2.10. The predicted molar refractivity (Wildman–Crippen MR) is 49.6 cm³/mol. The molecule has 1 rings (SSSR count). The van der Waals surface area contributed by atoms with E-state index in [1.54, 1.807) is 0 Å². The first kappa shape index (κ1) is 10.3. The van der Waals surface area contributed by atoms with Gasteiger partial charge >= 0.3 is 5.97 Å². The van der Waals surface area contributed by atoms with Crippen LogP contribution in [0.3, 0.4) is 0 Å². The fourth-order valence-corrected chi connectivity index (χ4v) is 1.40. The molecule has 1 saturated heterocycles. The van der Waals surface area contributed by atoms with Crippen molar-refractivity contribution in [2.75, 3.05) is 6.61 Å². The number of unbranched alkanes of at least 4 members (excludes halogenated alkanes) is 1. The van der Waals surface area contributed by atoms with Crippen LogP contribution < -0.4 is 0 Å². The van der Waals surface area contributed by atoms with Gasteiger partial charge in [-0.05, 0) is 6.42 Å². The summed E-state index contributed by atoms with van der Waals surface area (Å²) in [5.41, 5.74) is 0.0829. The van der Waals surface area contributed by atoms with E-state index >= 15 is 0 Å². The van der Waals surface area contributed by atoms with Gasteiger partial charge in [-0.15, -0.1) is 0 Å². The molecule has 0 aromatic rings. The van der Waals surface area contributed by atoms with E-state index in [4.69, 9.17) is 9.84 Å². The second kappa shape index (κ2) is 3.92. The van der Waals surface area contributed by atoms with Gasteiger partial charge in [-0.1, -0.05) is 26.3 Å². The SMILES string of the molecule is C=C(CC1(CCCC)CO1)C(=O)O. The Labute approximate surface area is 78.4 Å². The second-order valence-corrected chi connectivity index (χ2v) is 3.66. The highest BCUT2D eigenvalue weighted by Crippen LogP contribution is 2.38. The van der Waals surface area contributed by atoms with Gasteiger partial charge in [0.15, 0.2) is 0 Å². The summed E-state index contributed by atoms with van der Waals surface area (Å²) < 4.78 is 5.29. The standard InChI is InChI=1S/C10H16O3/c1-3-4-5-10(7-13-10)6-8(2)9(11)12/h2-7H2,1H3,(H,11,12). The minimum atomic E-state index is -0.911. The number of epoxide rings is 1. The van der Waals surface area contributed by atoms with Crippen LogP contribution in [0.4, 0.5) is 0 Å². The van der Waals surface area contributed by atoms with E-state index in [0.717, 1.165) is 19.3 Å². The number of rotatable bonds is 6. The first-order chi connectivity index (χ1) is 6.09. The Bertz CT molecular complexity index is 216. The van der Waals surface area contributed by atoms with Crippen molar-refractivity contribution in [1.82, 2.24) is 0 Å². The summed E-state index contributed by atoms with van der Waals surface area (Å²) in [7, 11) is 0. The van der Waals surface area contributed by atoms with Crippen LogP contribution in [-0.2, 0) is 9.53 Å². The van der Waals surface area contributed by atoms with Crippen molar-refractivity contribution in [2.45, 2.75) is 38.2 Å². The van der Waals surface area contributed by atoms with Gasteiger partial charge in [-0.25, -0.2) is 4.79 Å². The molecule has 1 aliphatic heterocycles. The normalized spacial score (nSPS) is 25.6. The fourth-order valence-electron chi connectivity index (χ4n) is 1.40. The topological polar surface area (TPSA) is 49.8 Å². The summed E-state index contributed by atoms with van der Waals surface area (Å²) in [6, 6.07) is 0. The molecule has 74 valence electrons. The third-order valence-corrected chi connectivity index (χ3v) is 2.38. The molecule has 1 atom stereocenters. The first-order valence-electron chi connectivity index (χ1n) is 4.65. The largest absolute Gasteiger partial charge is 0.478 e. The smallest absolute Gasteiger partial charge is 0.331 e. The summed E-state index contributed by atoms with van der Waals surface area (Å²) in [4.78, 5) is 10.5. The summed E-state index contributed by atoms with van der Waals surface area (Å²) in [6.45, 7) is 6.31. The summed E-state index contributed by atoms with van der Waals surface area (Å²) in [5.74, 6) is -0.911. The highest BCUT2D eigenvalue weighted by molar-refractivity contribution is 5.86. The van der Waals surface area contributed by atoms with Gasteiger partial charge in [-0.2, -0.15) is 0 Å². The Morgan fingerprint density at radius 2 is 2.31 bits per heavy atom. The number of aliphatic carboxylic acids is 1. The van der Waals surface area contributed by atoms with Gasteiger partial charge < -0.3 is 9.84 Å². The maximum absolute atomic E-state index is 10.5. The molecule has 0 aromatic carbocycles. The van der Waals surface area contributed by atoms with E-state index in [1.807, 2.05) is 0 Å². The van der Waals surface area contributed by atoms with Crippen molar-refractivity contribution in [3.05, 3.63) is 12.2 Å². The number of hydrogen-bond donors (Lipinski definition) is 1. The monoisotopic (exact) mass is 184 g/mol. The lowest BCUT2D eigenvalue weighted by atomic mass is 9.95. The number of ether oxygens (including phenoxy) is 1. The molecule has 0 spiro atoms. The molecule has 1 heterocycles. The number of carboxylic acid groups (broad SMARTS) is 1. The number of carboxylic acids is 1. The van der Waals surface area contributed by atoms with Crippen LogP contribution in [0.2, 0.25) is 0 Å². The zero-order valence-corrected chi connectivity index (χ0v) is 8.01. The van der Waals surface area contributed by atoms with Gasteiger partial charge in [0.25, 0.3) is 0 Å². The maximum Gasteiger partial charge on any atom is 0.331 e. The van der Waals surface area contributed by atoms with Crippen molar-refractivity contribution in [3.63, 3.8) is 0 Å². The molecular formula is C10H16O3. The lowest BCUT2D eigenvalue weighted by molar-refractivity contribution is -0.132. The third-order valence-electron chi connectivity index (χ3n) is 2.38. The Balaban J connectivity index is 2.35. The molecule has 0 aromatic heterocycles. The van der Waals surface area contributed by atoms with Gasteiger partial charge in [-0.3, -0.25) is 0 Å². The average molecular weight is 184 g/mol. The Morgan fingerprint density at radius 1 is 1.69 bits per heavy atom. The molecule has 3 heteroatoms. The van der Waals surface area contributed by atoms with Crippen molar-refractivity contribution in [1.29, 1.82) is 0 Å². The molecule has 1 unspecified atom stereocenters. The fraction of sp³-hybridized carbons (Fsp3) is 0.700. The number of hydrogen-bond acceptors (Lipinski definition) is 2. The molecule has 0 saturated carbocycles. The van der Waals surface area contributed by atoms with Crippen LogP contribution in [0.15, 0.2) is 12.2 Å². The Kier molecular flexibility index (Phi) is 3.09. The van der Waals surface area contributed by atoms with Crippen LogP contribution in [0.1, 0.15) is 32.6 Å². The molecule has 0 bridgehead atoms. The van der Waals surface area contributed by atoms with E-state index in [1.165, 1.54) is 0 Å². The average Bonchev–Trinajstić information content (AvgIpc) is 2.82. The Hall–Kier alpha value is -0.830. The molecule has 1 N–H and O–H groups in total. The van der Waals surface area contributed by atoms with Gasteiger partial charge in [0.1, 0.15) is 0 Å². The minimum Gasteiger partial charge on any atom is -0.478 e. The molecule has 0 amide bonds. The molecule has 1 aliphatic rings. The van der Waals surface area contributed by atoms with Crippen LogP contribution in [0, 0.1) is 0 Å². The van der Waals surface area contributed by atoms with E-state index in [9.17, 15) is 4.79 Å². The minimum absolute atomic E-state index is 0.175. The molecule has 3 nitrogen and oxygen atoms in total. The highest BCUT2D eigenvalue weighted by atomic mass is 16.6. The third kappa shape index (κ3) is 2.84. The van der Waals surface area contributed by atoms with Gasteiger partial charge in [0, 0.05) is 12.0 Å². The first-order valence-corrected chi connectivity index (χ1v) is 4.65. The van der Waals surface area contributed by atoms with E-state index < -0.39 is 5.97 Å². The quantitative estimate of drug-likeness (QED) is 0.507. The zero-order chi connectivity index (χ0) is 9.90. The molecule has 0 aliphatic carbocycles. The van der Waals surface area contributed by atoms with Crippen LogP contribution in [-0.4, -0.2) is 23.3 Å². The second-order valence-electron chi connectivity index (χ2n) is 3.66. The molecular weight excluding hydrogens is 168 g/mol. The molecule has 13 heavy (non-hydrogen) atoms. The maximum atomic E-state index is 10.5. The Morgan fingerprint density at radius 3 is 2.69 bits per heavy atom. The summed E-state index contributed by atoms with van der Waals surface area (Å²) in [6.07, 6.45) is 3.63. The summed E-state index contributed by atoms with van der Waals surface area (Å²) in [5, 5.41) is 8.64. The lowest BCUT2D eigenvalue weighted by Crippen LogP contribution is -2.15. The zero-order valence-electron chi connectivity index (χ0n) is 8.01. The van der Waals surface area contributed by atoms with E-state index in [-0.39, 0.29) is 11.2 Å². The van der Waals surface area contributed by atoms with Crippen molar-refractivity contribution >= 4 is 5.97 Å². The molecule has 0 radical (unpaired) electrons. The summed E-state index contributed by atoms with van der Waals surface area (Å²) >= 11 is 0. The van der Waals surface area contributed by atoms with E-state index in [2.05, 4.69) is 13.5 Å². The predicted octanol–water partition coefficient (Wildman–Crippen LogP) is 1.98. The van der Waals surface area contributed by atoms with Crippen molar-refractivity contribution in [2.24, 2.45) is 0 Å². The van der Waals surface area contributed by atoms with Crippen LogP contribution in [0.25, 0.3) is 0 Å². The van der Waals surface area contributed by atoms with E-state index in [0.29, 0.717) is 13.0 Å². The van der Waals surface area contributed by atoms with Crippen molar-refractivity contribution < 1.29 is 14.6 Å². The van der Waals surface area contributed by atoms with Gasteiger partial charge in [0.05, 0.1) is 12.2 Å². The van der Waals surface area contributed by atoms with Crippen molar-refractivity contribution in [3.8, 4) is 0 Å². The van der Waals surface area contributed by atoms with Crippen LogP contribution in [0.5, 0.6) is 0 Å².